The lowest BCUT2D eigenvalue weighted by atomic mass is 9.70. The van der Waals surface area contributed by atoms with Crippen molar-refractivity contribution in [2.24, 2.45) is 10.3 Å². The molecular formula is C34H36N4O9S2. The second-order valence-corrected chi connectivity index (χ2v) is 15.6. The fraction of sp³-hybridized carbons (Fsp3) is 0.294. The van der Waals surface area contributed by atoms with E-state index in [2.05, 4.69) is 9.71 Å². The van der Waals surface area contributed by atoms with E-state index in [4.69, 9.17) is 4.84 Å². The molecule has 0 aromatic heterocycles. The van der Waals surface area contributed by atoms with Gasteiger partial charge < -0.3 is 10.4 Å². The van der Waals surface area contributed by atoms with Crippen molar-refractivity contribution in [2.75, 3.05) is 15.9 Å². The van der Waals surface area contributed by atoms with Crippen molar-refractivity contribution in [1.82, 2.24) is 5.06 Å². The van der Waals surface area contributed by atoms with E-state index in [-0.39, 0.29) is 35.9 Å². The number of amides is 2. The largest absolute Gasteiger partial charge is 0.506 e. The number of benzene rings is 3. The topological polar surface area (TPSA) is 180 Å². The van der Waals surface area contributed by atoms with Crippen molar-refractivity contribution >= 4 is 60.6 Å². The molecule has 3 aromatic carbocycles. The number of ketones is 1. The highest BCUT2D eigenvalue weighted by Crippen LogP contribution is 2.47. The number of hydroxylamine groups is 2. The molecule has 15 heteroatoms. The van der Waals surface area contributed by atoms with E-state index in [1.54, 1.807) is 48.5 Å². The van der Waals surface area contributed by atoms with Gasteiger partial charge in [0.15, 0.2) is 11.4 Å². The Balaban J connectivity index is 1.69. The van der Waals surface area contributed by atoms with Gasteiger partial charge in [0.05, 0.1) is 17.6 Å². The fourth-order valence-electron chi connectivity index (χ4n) is 6.06. The molecule has 2 aliphatic rings. The van der Waals surface area contributed by atoms with Gasteiger partial charge in [-0.3, -0.25) is 19.2 Å². The summed E-state index contributed by atoms with van der Waals surface area (Å²) in [5, 5.41) is 15.5. The number of nitrogens with zero attached hydrogens (tertiary/aromatic N) is 3. The predicted molar refractivity (Wildman–Crippen MR) is 183 cm³/mol. The van der Waals surface area contributed by atoms with Gasteiger partial charge in [0, 0.05) is 19.4 Å². The summed E-state index contributed by atoms with van der Waals surface area (Å²) in [5.41, 5.74) is -1.47. The highest BCUT2D eigenvalue weighted by molar-refractivity contribution is 7.92. The molecule has 0 saturated heterocycles. The summed E-state index contributed by atoms with van der Waals surface area (Å²) < 4.78 is 56.3. The minimum absolute atomic E-state index is 0.0536. The monoisotopic (exact) mass is 708 g/mol. The molecule has 49 heavy (non-hydrogen) atoms. The molecular weight excluding hydrogens is 673 g/mol. The first-order chi connectivity index (χ1) is 23.0. The van der Waals surface area contributed by atoms with Gasteiger partial charge in [-0.15, -0.1) is 4.40 Å². The maximum absolute atomic E-state index is 15.0. The van der Waals surface area contributed by atoms with E-state index >= 15 is 4.79 Å². The summed E-state index contributed by atoms with van der Waals surface area (Å²) in [6, 6.07) is 18.9. The third kappa shape index (κ3) is 6.60. The number of rotatable bonds is 10. The van der Waals surface area contributed by atoms with Crippen LogP contribution in [0.1, 0.15) is 57.2 Å². The Labute approximate surface area is 285 Å². The van der Waals surface area contributed by atoms with E-state index in [0.717, 1.165) is 29.9 Å². The van der Waals surface area contributed by atoms with Crippen LogP contribution in [-0.2, 0) is 51.4 Å². The average Bonchev–Trinajstić information content (AvgIpc) is 3.01. The van der Waals surface area contributed by atoms with Crippen LogP contribution < -0.4 is 9.62 Å². The van der Waals surface area contributed by atoms with Crippen molar-refractivity contribution in [3.05, 3.63) is 95.1 Å². The van der Waals surface area contributed by atoms with E-state index in [1.807, 2.05) is 19.9 Å². The highest BCUT2D eigenvalue weighted by Gasteiger charge is 2.55. The van der Waals surface area contributed by atoms with Crippen molar-refractivity contribution in [3.8, 4) is 0 Å². The smallest absolute Gasteiger partial charge is 0.286 e. The summed E-state index contributed by atoms with van der Waals surface area (Å²) in [4.78, 5) is 46.3. The summed E-state index contributed by atoms with van der Waals surface area (Å²) in [6.07, 6.45) is 1.29. The van der Waals surface area contributed by atoms with Gasteiger partial charge in [-0.1, -0.05) is 68.4 Å². The van der Waals surface area contributed by atoms with E-state index in [9.17, 15) is 31.5 Å². The highest BCUT2D eigenvalue weighted by atomic mass is 32.2. The molecule has 1 aliphatic carbocycles. The van der Waals surface area contributed by atoms with E-state index < -0.39 is 65.2 Å². The number of aliphatic hydroxyl groups excluding tert-OH is 1. The third-order valence-electron chi connectivity index (χ3n) is 8.18. The van der Waals surface area contributed by atoms with Crippen LogP contribution in [0.2, 0.25) is 0 Å². The Morgan fingerprint density at radius 1 is 1.00 bits per heavy atom. The summed E-state index contributed by atoms with van der Waals surface area (Å²) >= 11 is 0. The van der Waals surface area contributed by atoms with Gasteiger partial charge in [-0.25, -0.2) is 17.8 Å². The molecule has 258 valence electrons. The van der Waals surface area contributed by atoms with Crippen LogP contribution in [0.3, 0.4) is 0 Å². The van der Waals surface area contributed by atoms with Gasteiger partial charge in [0.2, 0.25) is 27.6 Å². The number of nitrogens with one attached hydrogen (secondary N) is 1. The Hall–Kier alpha value is -4.86. The van der Waals surface area contributed by atoms with E-state index in [0.29, 0.717) is 16.3 Å². The molecule has 0 fully saturated rings. The van der Waals surface area contributed by atoms with Gasteiger partial charge in [-0.05, 0) is 48.1 Å². The van der Waals surface area contributed by atoms with E-state index in [1.165, 1.54) is 19.1 Å². The Bertz CT molecular complexity index is 2130. The average molecular weight is 709 g/mol. The Morgan fingerprint density at radius 2 is 1.65 bits per heavy atom. The molecule has 3 aromatic rings. The van der Waals surface area contributed by atoms with Crippen molar-refractivity contribution < 1.29 is 41.2 Å². The van der Waals surface area contributed by atoms with Crippen LogP contribution in [0.5, 0.6) is 0 Å². The van der Waals surface area contributed by atoms with Crippen LogP contribution in [-0.4, -0.2) is 56.7 Å². The molecule has 5 rings (SSSR count). The first kappa shape index (κ1) is 35.4. The third-order valence-corrected chi connectivity index (χ3v) is 10.6. The molecule has 1 heterocycles. The number of hydrogen-bond acceptors (Lipinski definition) is 10. The number of carbonyl (C=O) groups excluding carboxylic acids is 3. The van der Waals surface area contributed by atoms with Crippen LogP contribution in [0.15, 0.2) is 87.7 Å². The number of fused-ring (bicyclic) bond motifs is 2. The van der Waals surface area contributed by atoms with Gasteiger partial charge >= 0.3 is 0 Å². The first-order valence-electron chi connectivity index (χ1n) is 15.3. The minimum Gasteiger partial charge on any atom is -0.506 e. The van der Waals surface area contributed by atoms with Gasteiger partial charge in [0.25, 0.3) is 10.0 Å². The quantitative estimate of drug-likeness (QED) is 0.281. The second-order valence-electron chi connectivity index (χ2n) is 12.2. The van der Waals surface area contributed by atoms with Crippen LogP contribution in [0, 0.1) is 5.92 Å². The van der Waals surface area contributed by atoms with Gasteiger partial charge in [0.1, 0.15) is 22.8 Å². The van der Waals surface area contributed by atoms with Crippen LogP contribution in [0.25, 0.3) is 5.76 Å². The normalized spacial score (nSPS) is 18.2. The van der Waals surface area contributed by atoms with Crippen LogP contribution >= 0.6 is 0 Å². The fourth-order valence-corrected chi connectivity index (χ4v) is 8.17. The second kappa shape index (κ2) is 13.2. The maximum Gasteiger partial charge on any atom is 0.286 e. The zero-order chi connectivity index (χ0) is 35.9. The minimum atomic E-state index is -4.65. The molecule has 0 radical (unpaired) electrons. The predicted octanol–water partition coefficient (Wildman–Crippen LogP) is 4.68. The number of carbonyl (C=O) groups is 3. The molecule has 1 atom stereocenters. The number of amidine groups is 1. The zero-order valence-corrected chi connectivity index (χ0v) is 29.1. The maximum atomic E-state index is 15.0. The molecule has 2 amide bonds. The standard InChI is InChI=1S/C34H36N4O9S2/c1-21(2)17-18-34(38(23(4)40)47-20-24-11-7-6-8-12-24)27-14-10-9-13-26(27)31(41)30(32(34)42)33-35-28-16-15-25(19-29(28)49(45,46)36-33)37(22(3)39)48(5,43)44/h6-16,19,21,41H,17-18,20H2,1-5H3,(H,35,36). The summed E-state index contributed by atoms with van der Waals surface area (Å²) in [6.45, 7) is 6.10. The van der Waals surface area contributed by atoms with Crippen molar-refractivity contribution in [3.63, 3.8) is 0 Å². The SMILES string of the molecule is CC(=O)N(OCc1ccccc1)C1(CCC(C)C)C(=O)C(C2=NS(=O)(=O)c3cc(N(C(C)=O)S(C)(=O)=O)ccc3N2)=C(O)c2ccccc21. The van der Waals surface area contributed by atoms with Crippen LogP contribution in [0.4, 0.5) is 11.4 Å². The summed E-state index contributed by atoms with van der Waals surface area (Å²) in [7, 11) is -8.77. The number of sulfonamides is 2. The molecule has 1 aliphatic heterocycles. The molecule has 0 bridgehead atoms. The Kier molecular flexibility index (Phi) is 9.56. The lowest BCUT2D eigenvalue weighted by Crippen LogP contribution is -2.57. The van der Waals surface area contributed by atoms with Crippen molar-refractivity contribution in [2.45, 2.75) is 57.6 Å². The molecule has 2 N–H and O–H groups in total. The lowest BCUT2D eigenvalue weighted by molar-refractivity contribution is -0.229. The Morgan fingerprint density at radius 3 is 2.27 bits per heavy atom. The molecule has 13 nitrogen and oxygen atoms in total. The van der Waals surface area contributed by atoms with Gasteiger partial charge in [-0.2, -0.15) is 8.42 Å². The molecule has 0 spiro atoms. The first-order valence-corrected chi connectivity index (χ1v) is 18.6. The lowest BCUT2D eigenvalue weighted by Gasteiger charge is -2.45. The van der Waals surface area contributed by atoms with Crippen molar-refractivity contribution in [1.29, 1.82) is 0 Å². The molecule has 1 unspecified atom stereocenters. The number of hydrogen-bond donors (Lipinski definition) is 2. The number of Topliss-reactive ketones (excluding diaryl/α,β-unsaturated/α-hetero) is 1. The molecule has 0 saturated carbocycles. The summed E-state index contributed by atoms with van der Waals surface area (Å²) in [5.74, 6) is -3.30. The number of aliphatic hydroxyl groups is 1. The number of anilines is 2. The zero-order valence-electron chi connectivity index (χ0n) is 27.5.